The monoisotopic (exact) mass is 240 g/mol. The summed E-state index contributed by atoms with van der Waals surface area (Å²) in [6.07, 6.45) is 2.08. The second-order valence-corrected chi connectivity index (χ2v) is 5.55. The van der Waals surface area contributed by atoms with Gasteiger partial charge in [-0.2, -0.15) is 5.10 Å². The molecule has 2 aromatic rings. The molecule has 0 radical (unpaired) electrons. The summed E-state index contributed by atoms with van der Waals surface area (Å²) in [4.78, 5) is 1.14. The van der Waals surface area contributed by atoms with Crippen LogP contribution in [0.15, 0.2) is 18.3 Å². The molecule has 80 valence electrons. The van der Waals surface area contributed by atoms with Crippen molar-refractivity contribution in [1.29, 1.82) is 0 Å². The van der Waals surface area contributed by atoms with Crippen LogP contribution in [0.5, 0.6) is 0 Å². The third kappa shape index (κ3) is 2.08. The molecule has 2 nitrogen and oxygen atoms in total. The number of thiophene rings is 1. The van der Waals surface area contributed by atoms with E-state index in [0.717, 1.165) is 14.9 Å². The lowest BCUT2D eigenvalue weighted by atomic mass is 10.2. The molecule has 0 spiro atoms. The van der Waals surface area contributed by atoms with Gasteiger partial charge in [0.25, 0.3) is 0 Å². The van der Waals surface area contributed by atoms with Gasteiger partial charge in [-0.3, -0.25) is 4.68 Å². The molecule has 0 amide bonds. The van der Waals surface area contributed by atoms with E-state index < -0.39 is 0 Å². The minimum absolute atomic E-state index is 0.396. The van der Waals surface area contributed by atoms with Gasteiger partial charge in [0, 0.05) is 12.2 Å². The zero-order valence-electron chi connectivity index (χ0n) is 8.99. The van der Waals surface area contributed by atoms with Gasteiger partial charge in [-0.25, -0.2) is 0 Å². The van der Waals surface area contributed by atoms with Crippen LogP contribution < -0.4 is 0 Å². The molecule has 0 N–H and O–H groups in total. The SMILES string of the molecule is Cc1cn(C(C)C)nc1-c1ccc(Cl)s1. The molecule has 0 saturated carbocycles. The predicted molar refractivity (Wildman–Crippen MR) is 65.7 cm³/mol. The highest BCUT2D eigenvalue weighted by molar-refractivity contribution is 7.19. The summed E-state index contributed by atoms with van der Waals surface area (Å²) in [6, 6.07) is 4.33. The molecule has 0 unspecified atom stereocenters. The summed E-state index contributed by atoms with van der Waals surface area (Å²) in [5.41, 5.74) is 2.24. The van der Waals surface area contributed by atoms with E-state index in [2.05, 4.69) is 32.1 Å². The second kappa shape index (κ2) is 3.99. The Morgan fingerprint density at radius 3 is 2.60 bits per heavy atom. The van der Waals surface area contributed by atoms with Crippen LogP contribution in [-0.4, -0.2) is 9.78 Å². The molecule has 2 heterocycles. The van der Waals surface area contributed by atoms with Crippen molar-refractivity contribution in [3.63, 3.8) is 0 Å². The van der Waals surface area contributed by atoms with Gasteiger partial charge in [0.2, 0.25) is 0 Å². The van der Waals surface area contributed by atoms with Crippen LogP contribution in [0, 0.1) is 6.92 Å². The Hall–Kier alpha value is -0.800. The molecule has 4 heteroatoms. The first-order chi connectivity index (χ1) is 7.08. The number of nitrogens with zero attached hydrogens (tertiary/aromatic N) is 2. The fraction of sp³-hybridized carbons (Fsp3) is 0.364. The second-order valence-electron chi connectivity index (χ2n) is 3.84. The van der Waals surface area contributed by atoms with Crippen LogP contribution in [0.3, 0.4) is 0 Å². The highest BCUT2D eigenvalue weighted by atomic mass is 35.5. The van der Waals surface area contributed by atoms with Crippen molar-refractivity contribution in [2.24, 2.45) is 0 Å². The fourth-order valence-corrected chi connectivity index (χ4v) is 2.53. The third-order valence-corrected chi connectivity index (χ3v) is 3.49. The predicted octanol–water partition coefficient (Wildman–Crippen LogP) is 4.15. The highest BCUT2D eigenvalue weighted by Crippen LogP contribution is 2.32. The molecular weight excluding hydrogens is 228 g/mol. The van der Waals surface area contributed by atoms with Gasteiger partial charge in [0.15, 0.2) is 0 Å². The summed E-state index contributed by atoms with van der Waals surface area (Å²) in [7, 11) is 0. The smallest absolute Gasteiger partial charge is 0.105 e. The van der Waals surface area contributed by atoms with E-state index in [1.807, 2.05) is 16.8 Å². The number of aryl methyl sites for hydroxylation is 1. The van der Waals surface area contributed by atoms with Crippen molar-refractivity contribution >= 4 is 22.9 Å². The first kappa shape index (κ1) is 10.7. The van der Waals surface area contributed by atoms with E-state index in [4.69, 9.17) is 11.6 Å². The van der Waals surface area contributed by atoms with Gasteiger partial charge < -0.3 is 0 Å². The molecule has 0 fully saturated rings. The Morgan fingerprint density at radius 1 is 1.40 bits per heavy atom. The zero-order chi connectivity index (χ0) is 11.0. The Balaban J connectivity index is 2.44. The summed E-state index contributed by atoms with van der Waals surface area (Å²) in [5, 5.41) is 4.56. The maximum absolute atomic E-state index is 5.92. The van der Waals surface area contributed by atoms with Gasteiger partial charge in [-0.1, -0.05) is 11.6 Å². The standard InChI is InChI=1S/C11H13ClN2S/c1-7(2)14-6-8(3)11(13-14)9-4-5-10(12)15-9/h4-7H,1-3H3. The number of hydrogen-bond acceptors (Lipinski definition) is 2. The van der Waals surface area contributed by atoms with E-state index in [0.29, 0.717) is 6.04 Å². The average molecular weight is 241 g/mol. The van der Waals surface area contributed by atoms with Crippen LogP contribution in [0.25, 0.3) is 10.6 Å². The molecule has 15 heavy (non-hydrogen) atoms. The Kier molecular flexibility index (Phi) is 2.85. The molecule has 0 aliphatic carbocycles. The number of rotatable bonds is 2. The van der Waals surface area contributed by atoms with E-state index in [-0.39, 0.29) is 0 Å². The summed E-state index contributed by atoms with van der Waals surface area (Å²) < 4.78 is 2.79. The Morgan fingerprint density at radius 2 is 2.13 bits per heavy atom. The molecular formula is C11H13ClN2S. The van der Waals surface area contributed by atoms with Crippen molar-refractivity contribution in [2.45, 2.75) is 26.8 Å². The molecule has 2 aromatic heterocycles. The van der Waals surface area contributed by atoms with Crippen molar-refractivity contribution in [3.05, 3.63) is 28.2 Å². The van der Waals surface area contributed by atoms with Crippen molar-refractivity contribution in [1.82, 2.24) is 9.78 Å². The van der Waals surface area contributed by atoms with Crippen LogP contribution >= 0.6 is 22.9 Å². The van der Waals surface area contributed by atoms with Gasteiger partial charge in [0.1, 0.15) is 5.69 Å². The van der Waals surface area contributed by atoms with Crippen molar-refractivity contribution in [2.75, 3.05) is 0 Å². The maximum atomic E-state index is 5.92. The molecule has 2 rings (SSSR count). The van der Waals surface area contributed by atoms with E-state index in [9.17, 15) is 0 Å². The number of hydrogen-bond donors (Lipinski definition) is 0. The zero-order valence-corrected chi connectivity index (χ0v) is 10.6. The first-order valence-electron chi connectivity index (χ1n) is 4.89. The van der Waals surface area contributed by atoms with Gasteiger partial charge in [-0.15, -0.1) is 11.3 Å². The minimum atomic E-state index is 0.396. The van der Waals surface area contributed by atoms with Gasteiger partial charge in [-0.05, 0) is 38.5 Å². The normalized spacial score (nSPS) is 11.3. The van der Waals surface area contributed by atoms with Gasteiger partial charge in [0.05, 0.1) is 9.21 Å². The van der Waals surface area contributed by atoms with Crippen LogP contribution in [0.1, 0.15) is 25.5 Å². The lowest BCUT2D eigenvalue weighted by molar-refractivity contribution is 0.534. The number of halogens is 1. The van der Waals surface area contributed by atoms with E-state index >= 15 is 0 Å². The Bertz CT molecular complexity index is 471. The van der Waals surface area contributed by atoms with Crippen molar-refractivity contribution in [3.8, 4) is 10.6 Å². The summed E-state index contributed by atoms with van der Waals surface area (Å²) in [6.45, 7) is 6.32. The maximum Gasteiger partial charge on any atom is 0.105 e. The Labute approximate surface area is 98.5 Å². The summed E-state index contributed by atoms with van der Waals surface area (Å²) >= 11 is 7.49. The third-order valence-electron chi connectivity index (χ3n) is 2.25. The largest absolute Gasteiger partial charge is 0.269 e. The lowest BCUT2D eigenvalue weighted by Crippen LogP contribution is -2.00. The van der Waals surface area contributed by atoms with Crippen LogP contribution in [0.4, 0.5) is 0 Å². The van der Waals surface area contributed by atoms with Crippen molar-refractivity contribution < 1.29 is 0 Å². The van der Waals surface area contributed by atoms with E-state index in [1.54, 1.807) is 11.3 Å². The average Bonchev–Trinajstić information content (AvgIpc) is 2.71. The minimum Gasteiger partial charge on any atom is -0.269 e. The molecule has 0 saturated heterocycles. The lowest BCUT2D eigenvalue weighted by Gasteiger charge is -2.02. The molecule has 0 aromatic carbocycles. The van der Waals surface area contributed by atoms with Crippen LogP contribution in [-0.2, 0) is 0 Å². The van der Waals surface area contributed by atoms with E-state index in [1.165, 1.54) is 5.56 Å². The molecule has 0 aliphatic rings. The fourth-order valence-electron chi connectivity index (χ4n) is 1.43. The van der Waals surface area contributed by atoms with Gasteiger partial charge >= 0.3 is 0 Å². The topological polar surface area (TPSA) is 17.8 Å². The number of aromatic nitrogens is 2. The quantitative estimate of drug-likeness (QED) is 0.771. The molecule has 0 aliphatic heterocycles. The summed E-state index contributed by atoms with van der Waals surface area (Å²) in [5.74, 6) is 0. The molecule has 0 atom stereocenters. The molecule has 0 bridgehead atoms. The van der Waals surface area contributed by atoms with Crippen LogP contribution in [0.2, 0.25) is 4.34 Å². The first-order valence-corrected chi connectivity index (χ1v) is 6.09. The highest BCUT2D eigenvalue weighted by Gasteiger charge is 2.11.